The Morgan fingerprint density at radius 3 is 2.33 bits per heavy atom. The highest BCUT2D eigenvalue weighted by Gasteiger charge is 2.30. The zero-order valence-corrected chi connectivity index (χ0v) is 10.7. The van der Waals surface area contributed by atoms with Crippen LogP contribution in [0.3, 0.4) is 0 Å². The molecule has 1 aliphatic carbocycles. The van der Waals surface area contributed by atoms with E-state index in [2.05, 4.69) is 0 Å². The SMILES string of the molecule is NCC1(Cc2cccc(F)c2F)CCCCCC1. The fourth-order valence-corrected chi connectivity index (χ4v) is 3.02. The number of hydrogen-bond donors (Lipinski definition) is 1. The van der Waals surface area contributed by atoms with Crippen molar-refractivity contribution < 1.29 is 8.78 Å². The molecule has 3 heteroatoms. The van der Waals surface area contributed by atoms with Gasteiger partial charge in [0.25, 0.3) is 0 Å². The number of rotatable bonds is 3. The van der Waals surface area contributed by atoms with Crippen molar-refractivity contribution in [2.75, 3.05) is 6.54 Å². The second kappa shape index (κ2) is 5.79. The van der Waals surface area contributed by atoms with Crippen LogP contribution in [0.25, 0.3) is 0 Å². The lowest BCUT2D eigenvalue weighted by molar-refractivity contribution is 0.248. The molecule has 1 aromatic rings. The highest BCUT2D eigenvalue weighted by Crippen LogP contribution is 2.37. The van der Waals surface area contributed by atoms with Gasteiger partial charge in [0.15, 0.2) is 11.6 Å². The van der Waals surface area contributed by atoms with Crippen LogP contribution in [0.2, 0.25) is 0 Å². The molecule has 2 rings (SSSR count). The van der Waals surface area contributed by atoms with E-state index in [1.807, 2.05) is 0 Å². The van der Waals surface area contributed by atoms with E-state index in [0.717, 1.165) is 25.7 Å². The molecule has 0 saturated heterocycles. The minimum Gasteiger partial charge on any atom is -0.330 e. The molecule has 18 heavy (non-hydrogen) atoms. The highest BCUT2D eigenvalue weighted by molar-refractivity contribution is 5.20. The largest absolute Gasteiger partial charge is 0.330 e. The maximum atomic E-state index is 13.7. The van der Waals surface area contributed by atoms with Crippen LogP contribution < -0.4 is 5.73 Å². The molecule has 0 spiro atoms. The predicted octanol–water partition coefficient (Wildman–Crippen LogP) is 3.81. The van der Waals surface area contributed by atoms with E-state index in [1.54, 1.807) is 12.1 Å². The minimum absolute atomic E-state index is 0.0366. The molecule has 0 bridgehead atoms. The van der Waals surface area contributed by atoms with Gasteiger partial charge in [0.2, 0.25) is 0 Å². The fourth-order valence-electron chi connectivity index (χ4n) is 3.02. The molecular weight excluding hydrogens is 232 g/mol. The maximum absolute atomic E-state index is 13.7. The van der Waals surface area contributed by atoms with Crippen LogP contribution in [0.1, 0.15) is 44.1 Å². The van der Waals surface area contributed by atoms with Crippen LogP contribution in [0.5, 0.6) is 0 Å². The summed E-state index contributed by atoms with van der Waals surface area (Å²) in [7, 11) is 0. The average Bonchev–Trinajstić information content (AvgIpc) is 2.61. The smallest absolute Gasteiger partial charge is 0.162 e. The summed E-state index contributed by atoms with van der Waals surface area (Å²) in [6.45, 7) is 0.558. The Balaban J connectivity index is 2.21. The van der Waals surface area contributed by atoms with Gasteiger partial charge in [0.05, 0.1) is 0 Å². The maximum Gasteiger partial charge on any atom is 0.162 e. The third kappa shape index (κ3) is 2.89. The van der Waals surface area contributed by atoms with Gasteiger partial charge in [-0.2, -0.15) is 0 Å². The summed E-state index contributed by atoms with van der Waals surface area (Å²) in [5.41, 5.74) is 6.37. The van der Waals surface area contributed by atoms with Gasteiger partial charge in [-0.1, -0.05) is 37.8 Å². The lowest BCUT2D eigenvalue weighted by Crippen LogP contribution is -2.32. The molecule has 1 nitrogen and oxygen atoms in total. The summed E-state index contributed by atoms with van der Waals surface area (Å²) >= 11 is 0. The van der Waals surface area contributed by atoms with Crippen LogP contribution in [0.15, 0.2) is 18.2 Å². The lowest BCUT2D eigenvalue weighted by atomic mass is 9.75. The zero-order valence-electron chi connectivity index (χ0n) is 10.7. The summed E-state index contributed by atoms with van der Waals surface area (Å²) in [6.07, 6.45) is 7.37. The first-order valence-corrected chi connectivity index (χ1v) is 6.80. The lowest BCUT2D eigenvalue weighted by Gasteiger charge is -2.31. The van der Waals surface area contributed by atoms with Gasteiger partial charge in [-0.15, -0.1) is 0 Å². The van der Waals surface area contributed by atoms with Gasteiger partial charge in [-0.3, -0.25) is 0 Å². The van der Waals surface area contributed by atoms with Crippen molar-refractivity contribution in [3.8, 4) is 0 Å². The molecule has 0 amide bonds. The van der Waals surface area contributed by atoms with Gasteiger partial charge >= 0.3 is 0 Å². The van der Waals surface area contributed by atoms with Gasteiger partial charge in [0.1, 0.15) is 0 Å². The molecule has 0 aliphatic heterocycles. The van der Waals surface area contributed by atoms with E-state index in [0.29, 0.717) is 18.5 Å². The Hall–Kier alpha value is -0.960. The number of benzene rings is 1. The molecule has 1 aliphatic rings. The molecule has 0 heterocycles. The van der Waals surface area contributed by atoms with Crippen LogP contribution in [-0.4, -0.2) is 6.54 Å². The summed E-state index contributed by atoms with van der Waals surface area (Å²) in [6, 6.07) is 4.43. The first kappa shape index (κ1) is 13.5. The second-order valence-corrected chi connectivity index (χ2v) is 5.51. The van der Waals surface area contributed by atoms with Crippen molar-refractivity contribution in [1.82, 2.24) is 0 Å². The highest BCUT2D eigenvalue weighted by atomic mass is 19.2. The van der Waals surface area contributed by atoms with Crippen LogP contribution >= 0.6 is 0 Å². The Morgan fingerprint density at radius 2 is 1.72 bits per heavy atom. The zero-order chi connectivity index (χ0) is 13.0. The van der Waals surface area contributed by atoms with E-state index in [-0.39, 0.29) is 5.41 Å². The molecule has 100 valence electrons. The second-order valence-electron chi connectivity index (χ2n) is 5.51. The fraction of sp³-hybridized carbons (Fsp3) is 0.600. The van der Waals surface area contributed by atoms with E-state index < -0.39 is 11.6 Å². The number of halogens is 2. The van der Waals surface area contributed by atoms with Crippen LogP contribution in [-0.2, 0) is 6.42 Å². The molecule has 1 aromatic carbocycles. The normalized spacial score (nSPS) is 19.5. The van der Waals surface area contributed by atoms with Crippen LogP contribution in [0.4, 0.5) is 8.78 Å². The first-order chi connectivity index (χ1) is 8.67. The molecule has 2 N–H and O–H groups in total. The van der Waals surface area contributed by atoms with Crippen molar-refractivity contribution in [3.63, 3.8) is 0 Å². The van der Waals surface area contributed by atoms with Crippen molar-refractivity contribution in [2.45, 2.75) is 44.9 Å². The molecular formula is C15H21F2N. The van der Waals surface area contributed by atoms with Gasteiger partial charge in [0, 0.05) is 0 Å². The molecule has 1 saturated carbocycles. The molecule has 0 unspecified atom stereocenters. The average molecular weight is 253 g/mol. The topological polar surface area (TPSA) is 26.0 Å². The third-order valence-corrected chi connectivity index (χ3v) is 4.19. The van der Waals surface area contributed by atoms with Crippen molar-refractivity contribution in [1.29, 1.82) is 0 Å². The van der Waals surface area contributed by atoms with E-state index >= 15 is 0 Å². The van der Waals surface area contributed by atoms with E-state index in [4.69, 9.17) is 5.73 Å². The van der Waals surface area contributed by atoms with Gasteiger partial charge < -0.3 is 5.73 Å². The molecule has 0 aromatic heterocycles. The van der Waals surface area contributed by atoms with Gasteiger partial charge in [-0.05, 0) is 42.9 Å². The summed E-state index contributed by atoms with van der Waals surface area (Å²) in [5, 5.41) is 0. The summed E-state index contributed by atoms with van der Waals surface area (Å²) in [5.74, 6) is -1.46. The quantitative estimate of drug-likeness (QED) is 0.814. The predicted molar refractivity (Wildman–Crippen MR) is 69.3 cm³/mol. The number of hydrogen-bond acceptors (Lipinski definition) is 1. The molecule has 1 fully saturated rings. The van der Waals surface area contributed by atoms with E-state index in [9.17, 15) is 8.78 Å². The number of nitrogens with two attached hydrogens (primary N) is 1. The molecule has 0 radical (unpaired) electrons. The minimum atomic E-state index is -0.756. The van der Waals surface area contributed by atoms with Crippen LogP contribution in [0, 0.1) is 17.0 Å². The van der Waals surface area contributed by atoms with E-state index in [1.165, 1.54) is 18.9 Å². The molecule has 0 atom stereocenters. The Morgan fingerprint density at radius 1 is 1.06 bits per heavy atom. The summed E-state index contributed by atoms with van der Waals surface area (Å²) < 4.78 is 27.0. The first-order valence-electron chi connectivity index (χ1n) is 6.80. The van der Waals surface area contributed by atoms with Gasteiger partial charge in [-0.25, -0.2) is 8.78 Å². The Bertz CT molecular complexity index is 395. The third-order valence-electron chi connectivity index (χ3n) is 4.19. The van der Waals surface area contributed by atoms with Crippen molar-refractivity contribution >= 4 is 0 Å². The standard InChI is InChI=1S/C15H21F2N/c16-13-7-5-6-12(14(13)17)10-15(11-18)8-3-1-2-4-9-15/h5-7H,1-4,8-11,18H2. The Kier molecular flexibility index (Phi) is 4.33. The summed E-state index contributed by atoms with van der Waals surface area (Å²) in [4.78, 5) is 0. The van der Waals surface area contributed by atoms with Crippen molar-refractivity contribution in [3.05, 3.63) is 35.4 Å². The van der Waals surface area contributed by atoms with Crippen molar-refractivity contribution in [2.24, 2.45) is 11.1 Å². The Labute approximate surface area is 107 Å². The monoisotopic (exact) mass is 253 g/mol.